The molecule has 1 fully saturated rings. The highest BCUT2D eigenvalue weighted by Crippen LogP contribution is 2.29. The minimum atomic E-state index is -0.497. The lowest BCUT2D eigenvalue weighted by Gasteiger charge is -2.32. The molecule has 1 saturated heterocycles. The molecule has 0 radical (unpaired) electrons. The van der Waals surface area contributed by atoms with E-state index in [9.17, 15) is 9.59 Å². The average Bonchev–Trinajstić information content (AvgIpc) is 3.35. The summed E-state index contributed by atoms with van der Waals surface area (Å²) >= 11 is 1.55. The number of hydrogen-bond acceptors (Lipinski definition) is 5. The van der Waals surface area contributed by atoms with Gasteiger partial charge < -0.3 is 10.6 Å². The lowest BCUT2D eigenvalue weighted by molar-refractivity contribution is -0.131. The number of nitrogens with two attached hydrogens (primary N) is 1. The van der Waals surface area contributed by atoms with Crippen LogP contribution in [0.3, 0.4) is 0 Å². The Bertz CT molecular complexity index is 1030. The number of thiazole rings is 1. The molecular formula is C21H23N5O2S. The van der Waals surface area contributed by atoms with Crippen LogP contribution in [0, 0.1) is 6.92 Å². The molecule has 0 bridgehead atoms. The largest absolute Gasteiger partial charge is 0.365 e. The number of para-hydroxylation sites is 1. The third-order valence-corrected chi connectivity index (χ3v) is 6.01. The van der Waals surface area contributed by atoms with Crippen LogP contribution in [0.25, 0.3) is 5.69 Å². The maximum absolute atomic E-state index is 12.8. The summed E-state index contributed by atoms with van der Waals surface area (Å²) in [5.74, 6) is -0.455. The molecule has 150 valence electrons. The molecule has 29 heavy (non-hydrogen) atoms. The van der Waals surface area contributed by atoms with Crippen molar-refractivity contribution in [1.82, 2.24) is 19.7 Å². The average molecular weight is 410 g/mol. The van der Waals surface area contributed by atoms with E-state index < -0.39 is 5.91 Å². The van der Waals surface area contributed by atoms with Crippen LogP contribution in [-0.2, 0) is 11.2 Å². The highest BCUT2D eigenvalue weighted by Gasteiger charge is 2.30. The second kappa shape index (κ2) is 8.16. The smallest absolute Gasteiger partial charge is 0.252 e. The third-order valence-electron chi connectivity index (χ3n) is 5.19. The molecule has 4 rings (SSSR count). The molecule has 7 nitrogen and oxygen atoms in total. The molecule has 0 unspecified atom stereocenters. The second-order valence-electron chi connectivity index (χ2n) is 7.29. The summed E-state index contributed by atoms with van der Waals surface area (Å²) in [5.41, 5.74) is 8.40. The number of nitrogens with zero attached hydrogens (tertiary/aromatic N) is 4. The molecule has 2 aromatic heterocycles. The van der Waals surface area contributed by atoms with E-state index >= 15 is 0 Å². The molecule has 2 amide bonds. The summed E-state index contributed by atoms with van der Waals surface area (Å²) < 4.78 is 1.69. The topological polar surface area (TPSA) is 94.1 Å². The number of aromatic nitrogens is 3. The van der Waals surface area contributed by atoms with Crippen molar-refractivity contribution in [3.05, 3.63) is 63.9 Å². The lowest BCUT2D eigenvalue weighted by Crippen LogP contribution is -2.40. The van der Waals surface area contributed by atoms with E-state index in [1.54, 1.807) is 22.2 Å². The summed E-state index contributed by atoms with van der Waals surface area (Å²) in [4.78, 5) is 31.1. The number of hydrogen-bond donors (Lipinski definition) is 1. The molecule has 1 aromatic carbocycles. The monoisotopic (exact) mass is 409 g/mol. The Hall–Kier alpha value is -3.00. The predicted molar refractivity (Wildman–Crippen MR) is 111 cm³/mol. The lowest BCUT2D eigenvalue weighted by atomic mass is 9.92. The second-order valence-corrected chi connectivity index (χ2v) is 8.35. The maximum atomic E-state index is 12.8. The Morgan fingerprint density at radius 1 is 1.28 bits per heavy atom. The maximum Gasteiger partial charge on any atom is 0.252 e. The Morgan fingerprint density at radius 2 is 2.07 bits per heavy atom. The number of benzene rings is 1. The number of amides is 2. The van der Waals surface area contributed by atoms with Crippen LogP contribution in [0.4, 0.5) is 0 Å². The minimum Gasteiger partial charge on any atom is -0.365 e. The summed E-state index contributed by atoms with van der Waals surface area (Å²) in [6.07, 6.45) is 3.72. The fraction of sp³-hybridized carbons (Fsp3) is 0.333. The van der Waals surface area contributed by atoms with Gasteiger partial charge in [0, 0.05) is 30.6 Å². The minimum absolute atomic E-state index is 0.0164. The Kier molecular flexibility index (Phi) is 5.44. The summed E-state index contributed by atoms with van der Waals surface area (Å²) in [6.45, 7) is 3.18. The first-order valence-corrected chi connectivity index (χ1v) is 10.5. The van der Waals surface area contributed by atoms with Gasteiger partial charge in [-0.3, -0.25) is 9.59 Å². The standard InChI is InChI=1S/C21H23N5O2S/c1-14-23-16(13-29-14)10-19(27)25-9-5-6-15(11-25)20-18(21(22)28)12-26(24-20)17-7-3-2-4-8-17/h2-4,7-8,12-13,15H,5-6,9-11H2,1H3,(H2,22,28)/t15-/m1/s1. The number of carbonyl (C=O) groups is 2. The van der Waals surface area contributed by atoms with E-state index in [-0.39, 0.29) is 11.8 Å². The first-order chi connectivity index (χ1) is 14.0. The normalized spacial score (nSPS) is 16.7. The summed E-state index contributed by atoms with van der Waals surface area (Å²) in [7, 11) is 0. The van der Waals surface area contributed by atoms with Gasteiger partial charge in [-0.25, -0.2) is 9.67 Å². The number of likely N-dealkylation sites (tertiary alicyclic amines) is 1. The van der Waals surface area contributed by atoms with Gasteiger partial charge in [0.25, 0.3) is 5.91 Å². The molecule has 0 saturated carbocycles. The van der Waals surface area contributed by atoms with E-state index in [1.165, 1.54) is 0 Å². The molecule has 0 aliphatic carbocycles. The fourth-order valence-corrected chi connectivity index (χ4v) is 4.39. The molecule has 2 N–H and O–H groups in total. The van der Waals surface area contributed by atoms with E-state index in [0.717, 1.165) is 29.2 Å². The zero-order valence-electron chi connectivity index (χ0n) is 16.2. The van der Waals surface area contributed by atoms with Crippen molar-refractivity contribution in [2.45, 2.75) is 32.1 Å². The number of rotatable bonds is 5. The van der Waals surface area contributed by atoms with Gasteiger partial charge in [0.1, 0.15) is 0 Å². The first-order valence-electron chi connectivity index (χ1n) is 9.65. The molecule has 3 heterocycles. The first kappa shape index (κ1) is 19.3. The van der Waals surface area contributed by atoms with Crippen molar-refractivity contribution in [1.29, 1.82) is 0 Å². The van der Waals surface area contributed by atoms with Crippen molar-refractivity contribution in [3.63, 3.8) is 0 Å². The SMILES string of the molecule is Cc1nc(CC(=O)N2CCC[C@@H](c3nn(-c4ccccc4)cc3C(N)=O)C2)cs1. The van der Waals surface area contributed by atoms with E-state index in [4.69, 9.17) is 5.73 Å². The number of primary amides is 1. The quantitative estimate of drug-likeness (QED) is 0.701. The Morgan fingerprint density at radius 3 is 2.76 bits per heavy atom. The molecule has 0 spiro atoms. The molecule has 8 heteroatoms. The third kappa shape index (κ3) is 4.22. The molecule has 3 aromatic rings. The van der Waals surface area contributed by atoms with Gasteiger partial charge in [-0.05, 0) is 31.9 Å². The van der Waals surface area contributed by atoms with Gasteiger partial charge >= 0.3 is 0 Å². The van der Waals surface area contributed by atoms with Crippen LogP contribution in [-0.4, -0.2) is 44.6 Å². The van der Waals surface area contributed by atoms with Gasteiger partial charge in [-0.1, -0.05) is 18.2 Å². The van der Waals surface area contributed by atoms with Crippen LogP contribution in [0.1, 0.15) is 45.5 Å². The van der Waals surface area contributed by atoms with Gasteiger partial charge in [-0.15, -0.1) is 11.3 Å². The van der Waals surface area contributed by atoms with Gasteiger partial charge in [0.15, 0.2) is 0 Å². The summed E-state index contributed by atoms with van der Waals surface area (Å²) in [5, 5.41) is 7.57. The highest BCUT2D eigenvalue weighted by atomic mass is 32.1. The molecule has 1 aliphatic rings. The van der Waals surface area contributed by atoms with Crippen molar-refractivity contribution in [3.8, 4) is 5.69 Å². The molecular weight excluding hydrogens is 386 g/mol. The van der Waals surface area contributed by atoms with Crippen LogP contribution in [0.2, 0.25) is 0 Å². The predicted octanol–water partition coefficient (Wildman–Crippen LogP) is 2.68. The van der Waals surface area contributed by atoms with Crippen LogP contribution >= 0.6 is 11.3 Å². The fourth-order valence-electron chi connectivity index (χ4n) is 3.77. The Labute approximate surface area is 173 Å². The Balaban J connectivity index is 1.55. The number of aryl methyl sites for hydroxylation is 1. The molecule has 1 atom stereocenters. The number of piperidine rings is 1. The van der Waals surface area contributed by atoms with E-state index in [0.29, 0.717) is 30.8 Å². The highest BCUT2D eigenvalue weighted by molar-refractivity contribution is 7.09. The van der Waals surface area contributed by atoms with Crippen molar-refractivity contribution in [2.75, 3.05) is 13.1 Å². The zero-order chi connectivity index (χ0) is 20.4. The van der Waals surface area contributed by atoms with E-state index in [1.807, 2.05) is 47.5 Å². The van der Waals surface area contributed by atoms with Crippen molar-refractivity contribution >= 4 is 23.2 Å². The van der Waals surface area contributed by atoms with E-state index in [2.05, 4.69) is 10.1 Å². The number of carbonyl (C=O) groups excluding carboxylic acids is 2. The van der Waals surface area contributed by atoms with Crippen molar-refractivity contribution < 1.29 is 9.59 Å². The van der Waals surface area contributed by atoms with Crippen LogP contribution in [0.5, 0.6) is 0 Å². The van der Waals surface area contributed by atoms with Crippen LogP contribution in [0.15, 0.2) is 41.9 Å². The van der Waals surface area contributed by atoms with Crippen molar-refractivity contribution in [2.24, 2.45) is 5.73 Å². The van der Waals surface area contributed by atoms with Gasteiger partial charge in [-0.2, -0.15) is 5.10 Å². The van der Waals surface area contributed by atoms with Gasteiger partial charge in [0.05, 0.1) is 34.1 Å². The zero-order valence-corrected chi connectivity index (χ0v) is 17.1. The molecule has 1 aliphatic heterocycles. The van der Waals surface area contributed by atoms with Gasteiger partial charge in [0.2, 0.25) is 5.91 Å². The van der Waals surface area contributed by atoms with Crippen LogP contribution < -0.4 is 5.73 Å². The summed E-state index contributed by atoms with van der Waals surface area (Å²) in [6, 6.07) is 9.61.